The normalized spacial score (nSPS) is 14.2. The molecule has 0 radical (unpaired) electrons. The minimum Gasteiger partial charge on any atom is -0.457 e. The van der Waals surface area contributed by atoms with Gasteiger partial charge in [-0.2, -0.15) is 0 Å². The lowest BCUT2D eigenvalue weighted by Crippen LogP contribution is -2.37. The van der Waals surface area contributed by atoms with E-state index in [1.54, 1.807) is 0 Å². The number of rotatable bonds is 5. The molecule has 8 aromatic carbocycles. The highest BCUT2D eigenvalue weighted by atomic mass is 16.5. The first kappa shape index (κ1) is 36.7. The van der Waals surface area contributed by atoms with Crippen LogP contribution in [-0.4, -0.2) is 16.2 Å². The number of pyridine rings is 1. The van der Waals surface area contributed by atoms with Crippen LogP contribution < -0.4 is 14.5 Å². The molecule has 2 aromatic heterocycles. The Bertz CT molecular complexity index is 3480. The van der Waals surface area contributed by atoms with Gasteiger partial charge in [-0.15, -0.1) is 0 Å². The molecule has 2 aliphatic heterocycles. The first-order chi connectivity index (χ1) is 31.4. The van der Waals surface area contributed by atoms with E-state index in [0.29, 0.717) is 6.67 Å². The summed E-state index contributed by atoms with van der Waals surface area (Å²) in [7, 11) is 0. The van der Waals surface area contributed by atoms with Gasteiger partial charge < -0.3 is 14.5 Å². The molecule has 0 fully saturated rings. The van der Waals surface area contributed by atoms with Gasteiger partial charge in [-0.05, 0) is 98.5 Å². The largest absolute Gasteiger partial charge is 0.457 e. The molecule has 5 nitrogen and oxygen atoms in total. The Morgan fingerprint density at radius 3 is 1.94 bits per heavy atom. The summed E-state index contributed by atoms with van der Waals surface area (Å²) < 4.78 is 9.11. The summed E-state index contributed by atoms with van der Waals surface area (Å²) in [4.78, 5) is 9.93. The van der Waals surface area contributed by atoms with E-state index in [0.717, 1.165) is 39.4 Å². The number of fused-ring (bicyclic) bond motifs is 12. The molecule has 0 saturated heterocycles. The average molecular weight is 825 g/mol. The molecule has 0 bridgehead atoms. The molecule has 64 heavy (non-hydrogen) atoms. The topological polar surface area (TPSA) is 33.5 Å². The SMILES string of the molecule is CC(C)(C)c1ccnc(-n2c3ccccc3c3ccc(Oc4cccc(N5CN6c7c(-c8ccccc8)cccc7C7(c8ccccc8-c8ccccc87)c7cccc5c76)c4)cc32)c1. The molecule has 5 heteroatoms. The van der Waals surface area contributed by atoms with Crippen molar-refractivity contribution in [2.24, 2.45) is 0 Å². The highest BCUT2D eigenvalue weighted by molar-refractivity contribution is 6.09. The third-order valence-electron chi connectivity index (χ3n) is 13.9. The van der Waals surface area contributed by atoms with Gasteiger partial charge in [0.1, 0.15) is 24.0 Å². The van der Waals surface area contributed by atoms with Gasteiger partial charge in [0.2, 0.25) is 0 Å². The van der Waals surface area contributed by atoms with Gasteiger partial charge in [0.15, 0.2) is 0 Å². The van der Waals surface area contributed by atoms with Crippen LogP contribution in [0.4, 0.5) is 22.7 Å². The van der Waals surface area contributed by atoms with Crippen LogP contribution in [0.1, 0.15) is 48.6 Å². The molecule has 0 N–H and O–H groups in total. The fourth-order valence-electron chi connectivity index (χ4n) is 11.1. The van der Waals surface area contributed by atoms with Crippen LogP contribution >= 0.6 is 0 Å². The minimum absolute atomic E-state index is 0.00964. The van der Waals surface area contributed by atoms with Crippen LogP contribution in [0.25, 0.3) is 49.9 Å². The molecule has 0 saturated carbocycles. The summed E-state index contributed by atoms with van der Waals surface area (Å²) in [5, 5.41) is 2.35. The fraction of sp³-hybridized carbons (Fsp3) is 0.102. The van der Waals surface area contributed by atoms with Crippen molar-refractivity contribution in [3.05, 3.63) is 228 Å². The Hall–Kier alpha value is -7.89. The number of aromatic nitrogens is 2. The van der Waals surface area contributed by atoms with Crippen molar-refractivity contribution in [2.45, 2.75) is 31.6 Å². The second kappa shape index (κ2) is 13.6. The number of nitrogens with zero attached hydrogens (tertiary/aromatic N) is 4. The molecule has 0 atom stereocenters. The van der Waals surface area contributed by atoms with Crippen LogP contribution in [-0.2, 0) is 10.8 Å². The molecular formula is C59H44N4O. The second-order valence-electron chi connectivity index (χ2n) is 18.4. The first-order valence-electron chi connectivity index (χ1n) is 22.2. The van der Waals surface area contributed by atoms with Crippen LogP contribution in [0.5, 0.6) is 11.5 Å². The third-order valence-corrected chi connectivity index (χ3v) is 13.9. The van der Waals surface area contributed by atoms with E-state index in [1.165, 1.54) is 72.5 Å². The van der Waals surface area contributed by atoms with E-state index in [9.17, 15) is 0 Å². The van der Waals surface area contributed by atoms with E-state index >= 15 is 0 Å². The van der Waals surface area contributed by atoms with Crippen molar-refractivity contribution in [3.8, 4) is 39.6 Å². The van der Waals surface area contributed by atoms with Crippen molar-refractivity contribution in [1.82, 2.24) is 9.55 Å². The predicted molar refractivity (Wildman–Crippen MR) is 262 cm³/mol. The molecule has 306 valence electrons. The lowest BCUT2D eigenvalue weighted by molar-refractivity contribution is 0.483. The Morgan fingerprint density at radius 2 is 1.14 bits per heavy atom. The zero-order valence-electron chi connectivity index (χ0n) is 36.0. The summed E-state index contributed by atoms with van der Waals surface area (Å²) in [5.41, 5.74) is 18.0. The molecule has 3 aliphatic rings. The van der Waals surface area contributed by atoms with Gasteiger partial charge in [0.25, 0.3) is 0 Å². The fourth-order valence-corrected chi connectivity index (χ4v) is 11.1. The minimum atomic E-state index is -0.499. The number of benzene rings is 8. The van der Waals surface area contributed by atoms with Crippen LogP contribution in [0.15, 0.2) is 200 Å². The maximum atomic E-state index is 6.84. The molecule has 13 rings (SSSR count). The van der Waals surface area contributed by atoms with Crippen molar-refractivity contribution in [2.75, 3.05) is 16.5 Å². The summed E-state index contributed by atoms with van der Waals surface area (Å²) >= 11 is 0. The first-order valence-corrected chi connectivity index (χ1v) is 22.2. The summed E-state index contributed by atoms with van der Waals surface area (Å²) in [6, 6.07) is 70.7. The van der Waals surface area contributed by atoms with E-state index in [1.807, 2.05) is 6.20 Å². The van der Waals surface area contributed by atoms with Crippen molar-refractivity contribution >= 4 is 44.6 Å². The standard InChI is InChI=1S/C59H44N4O/c1-58(2,3)39-32-33-60-55(34-39)63-52-28-12-9-22-46(52)47-31-30-42(36-54(47)63)64-41-19-13-18-40(35-41)61-37-62-56-43(38-16-5-4-6-17-38)23-14-26-50(56)59(51-27-15-29-53(61)57(51)62)48-24-10-7-20-44(48)45-21-8-11-25-49(45)59/h4-36H,37H2,1-3H3. The Kier molecular flexibility index (Phi) is 7.78. The summed E-state index contributed by atoms with van der Waals surface area (Å²) in [6.07, 6.45) is 1.93. The van der Waals surface area contributed by atoms with Gasteiger partial charge in [0.05, 0.1) is 33.5 Å². The quantitative estimate of drug-likeness (QED) is 0.173. The maximum Gasteiger partial charge on any atom is 0.137 e. The van der Waals surface area contributed by atoms with E-state index in [2.05, 4.69) is 229 Å². The van der Waals surface area contributed by atoms with Crippen LogP contribution in [0.2, 0.25) is 0 Å². The molecule has 10 aromatic rings. The molecule has 4 heterocycles. The van der Waals surface area contributed by atoms with Gasteiger partial charge in [-0.25, -0.2) is 4.98 Å². The predicted octanol–water partition coefficient (Wildman–Crippen LogP) is 14.9. The molecule has 1 spiro atoms. The zero-order chi connectivity index (χ0) is 42.7. The van der Waals surface area contributed by atoms with E-state index < -0.39 is 5.41 Å². The van der Waals surface area contributed by atoms with Gasteiger partial charge in [-0.1, -0.05) is 154 Å². The Morgan fingerprint density at radius 1 is 0.500 bits per heavy atom. The molecule has 0 amide bonds. The number of hydrogen-bond donors (Lipinski definition) is 0. The van der Waals surface area contributed by atoms with Crippen molar-refractivity contribution < 1.29 is 4.74 Å². The number of anilines is 4. The van der Waals surface area contributed by atoms with Crippen LogP contribution in [0, 0.1) is 0 Å². The van der Waals surface area contributed by atoms with E-state index in [4.69, 9.17) is 9.72 Å². The van der Waals surface area contributed by atoms with E-state index in [-0.39, 0.29) is 5.41 Å². The number of para-hydroxylation sites is 3. The third kappa shape index (κ3) is 5.15. The Balaban J connectivity index is 0.949. The van der Waals surface area contributed by atoms with Gasteiger partial charge in [-0.3, -0.25) is 4.57 Å². The number of hydrogen-bond acceptors (Lipinski definition) is 4. The van der Waals surface area contributed by atoms with Crippen LogP contribution in [0.3, 0.4) is 0 Å². The highest BCUT2D eigenvalue weighted by Gasteiger charge is 2.54. The Labute approximate surface area is 373 Å². The molecular weight excluding hydrogens is 781 g/mol. The maximum absolute atomic E-state index is 6.84. The summed E-state index contributed by atoms with van der Waals surface area (Å²) in [5.74, 6) is 2.44. The molecule has 1 aliphatic carbocycles. The van der Waals surface area contributed by atoms with Crippen molar-refractivity contribution in [1.29, 1.82) is 0 Å². The van der Waals surface area contributed by atoms with Gasteiger partial charge in [0, 0.05) is 40.4 Å². The second-order valence-corrected chi connectivity index (χ2v) is 18.4. The average Bonchev–Trinajstić information content (AvgIpc) is 3.98. The smallest absolute Gasteiger partial charge is 0.137 e. The lowest BCUT2D eigenvalue weighted by atomic mass is 9.64. The zero-order valence-corrected chi connectivity index (χ0v) is 36.0. The monoisotopic (exact) mass is 824 g/mol. The van der Waals surface area contributed by atoms with Gasteiger partial charge >= 0.3 is 0 Å². The molecule has 0 unspecified atom stereocenters. The van der Waals surface area contributed by atoms with Crippen molar-refractivity contribution in [3.63, 3.8) is 0 Å². The lowest BCUT2D eigenvalue weighted by Gasteiger charge is -2.44. The number of ether oxygens (including phenoxy) is 1. The highest BCUT2D eigenvalue weighted by Crippen LogP contribution is 2.66. The summed E-state index contributed by atoms with van der Waals surface area (Å²) in [6.45, 7) is 7.38.